The van der Waals surface area contributed by atoms with Gasteiger partial charge < -0.3 is 13.9 Å². The number of furan rings is 1. The number of ether oxygens (including phenoxy) is 2. The van der Waals surface area contributed by atoms with Crippen LogP contribution in [0.4, 0.5) is 9.52 Å². The van der Waals surface area contributed by atoms with Crippen molar-refractivity contribution in [1.82, 2.24) is 4.98 Å². The van der Waals surface area contributed by atoms with Crippen LogP contribution in [0.25, 0.3) is 10.2 Å². The number of thiazole rings is 1. The highest BCUT2D eigenvalue weighted by molar-refractivity contribution is 7.22. The number of methoxy groups -OCH3 is 2. The number of rotatable bonds is 7. The first-order valence-corrected chi connectivity index (χ1v) is 9.99. The largest absolute Gasteiger partial charge is 0.495 e. The Morgan fingerprint density at radius 1 is 1.10 bits per heavy atom. The lowest BCUT2D eigenvalue weighted by Gasteiger charge is -2.18. The van der Waals surface area contributed by atoms with Gasteiger partial charge in [0, 0.05) is 0 Å². The maximum Gasteiger partial charge on any atom is 0.233 e. The molecule has 6 nitrogen and oxygen atoms in total. The molecule has 8 heteroatoms. The second-order valence-electron chi connectivity index (χ2n) is 6.51. The van der Waals surface area contributed by atoms with Gasteiger partial charge in [0.1, 0.15) is 33.3 Å². The standard InChI is InChI=1S/C22H19FN2O4S/c1-27-17-9-10-18(28-2)21-20(17)24-22(30-21)25(13-16-4-3-11-29-16)19(26)12-14-5-7-15(23)8-6-14/h3-11H,12-13H2,1-2H3. The highest BCUT2D eigenvalue weighted by Crippen LogP contribution is 2.40. The summed E-state index contributed by atoms with van der Waals surface area (Å²) >= 11 is 1.34. The van der Waals surface area contributed by atoms with Crippen LogP contribution in [0, 0.1) is 5.82 Å². The predicted molar refractivity (Wildman–Crippen MR) is 113 cm³/mol. The van der Waals surface area contributed by atoms with E-state index in [1.165, 1.54) is 23.5 Å². The van der Waals surface area contributed by atoms with E-state index in [4.69, 9.17) is 13.9 Å². The van der Waals surface area contributed by atoms with E-state index >= 15 is 0 Å². The van der Waals surface area contributed by atoms with Crippen LogP contribution in [0.15, 0.2) is 59.2 Å². The summed E-state index contributed by atoms with van der Waals surface area (Å²) in [5.74, 6) is 1.34. The van der Waals surface area contributed by atoms with E-state index in [9.17, 15) is 9.18 Å². The van der Waals surface area contributed by atoms with Crippen molar-refractivity contribution in [1.29, 1.82) is 0 Å². The second kappa shape index (κ2) is 8.54. The summed E-state index contributed by atoms with van der Waals surface area (Å²) in [5.41, 5.74) is 1.33. The van der Waals surface area contributed by atoms with Gasteiger partial charge in [-0.3, -0.25) is 9.69 Å². The maximum absolute atomic E-state index is 13.2. The molecular formula is C22H19FN2O4S. The normalized spacial score (nSPS) is 10.9. The van der Waals surface area contributed by atoms with E-state index in [-0.39, 0.29) is 24.7 Å². The maximum atomic E-state index is 13.2. The summed E-state index contributed by atoms with van der Waals surface area (Å²) in [6, 6.07) is 13.0. The van der Waals surface area contributed by atoms with Crippen LogP contribution in [0.5, 0.6) is 11.5 Å². The third-order valence-corrected chi connectivity index (χ3v) is 5.69. The van der Waals surface area contributed by atoms with Gasteiger partial charge in [-0.05, 0) is 42.0 Å². The lowest BCUT2D eigenvalue weighted by Crippen LogP contribution is -2.31. The molecule has 0 N–H and O–H groups in total. The Hall–Kier alpha value is -3.39. The number of amides is 1. The number of carbonyl (C=O) groups excluding carboxylic acids is 1. The van der Waals surface area contributed by atoms with Crippen molar-refractivity contribution in [3.05, 3.63) is 71.9 Å². The molecule has 2 aromatic heterocycles. The fourth-order valence-electron chi connectivity index (χ4n) is 3.08. The van der Waals surface area contributed by atoms with Gasteiger partial charge in [0.2, 0.25) is 5.91 Å². The first-order valence-electron chi connectivity index (χ1n) is 9.17. The third-order valence-electron chi connectivity index (χ3n) is 4.59. The molecule has 0 atom stereocenters. The molecule has 0 spiro atoms. The molecule has 0 aliphatic rings. The van der Waals surface area contributed by atoms with Crippen LogP contribution >= 0.6 is 11.3 Å². The molecule has 0 unspecified atom stereocenters. The van der Waals surface area contributed by atoms with Crippen LogP contribution in [0.2, 0.25) is 0 Å². The SMILES string of the molecule is COc1ccc(OC)c2sc(N(Cc3ccco3)C(=O)Cc3ccc(F)cc3)nc12. The van der Waals surface area contributed by atoms with E-state index in [0.29, 0.717) is 33.5 Å². The van der Waals surface area contributed by atoms with Gasteiger partial charge >= 0.3 is 0 Å². The van der Waals surface area contributed by atoms with Crippen molar-refractivity contribution >= 4 is 32.6 Å². The van der Waals surface area contributed by atoms with Gasteiger partial charge in [-0.25, -0.2) is 9.37 Å². The predicted octanol–water partition coefficient (Wildman–Crippen LogP) is 4.82. The van der Waals surface area contributed by atoms with Crippen LogP contribution in [-0.2, 0) is 17.8 Å². The summed E-state index contributed by atoms with van der Waals surface area (Å²) < 4.78 is 30.3. The average Bonchev–Trinajstić information content (AvgIpc) is 3.42. The molecule has 0 aliphatic carbocycles. The molecule has 4 aromatic rings. The molecule has 1 amide bonds. The van der Waals surface area contributed by atoms with Crippen molar-refractivity contribution in [3.8, 4) is 11.5 Å². The number of benzene rings is 2. The lowest BCUT2D eigenvalue weighted by molar-refractivity contribution is -0.118. The van der Waals surface area contributed by atoms with Crippen LogP contribution in [0.3, 0.4) is 0 Å². The van der Waals surface area contributed by atoms with Crippen molar-refractivity contribution in [2.24, 2.45) is 0 Å². The van der Waals surface area contributed by atoms with E-state index < -0.39 is 0 Å². The number of hydrogen-bond donors (Lipinski definition) is 0. The zero-order chi connectivity index (χ0) is 21.1. The molecule has 0 saturated carbocycles. The fourth-order valence-corrected chi connectivity index (χ4v) is 4.17. The highest BCUT2D eigenvalue weighted by Gasteiger charge is 2.24. The number of aromatic nitrogens is 1. The summed E-state index contributed by atoms with van der Waals surface area (Å²) in [6.45, 7) is 0.220. The Labute approximate surface area is 176 Å². The third kappa shape index (κ3) is 3.99. The van der Waals surface area contributed by atoms with E-state index in [1.54, 1.807) is 61.8 Å². The zero-order valence-electron chi connectivity index (χ0n) is 16.4. The summed E-state index contributed by atoms with van der Waals surface area (Å²) in [4.78, 5) is 19.4. The van der Waals surface area contributed by atoms with Gasteiger partial charge in [-0.2, -0.15) is 0 Å². The van der Waals surface area contributed by atoms with Gasteiger partial charge in [0.05, 0.1) is 33.4 Å². The average molecular weight is 426 g/mol. The molecule has 154 valence electrons. The van der Waals surface area contributed by atoms with Crippen molar-refractivity contribution in [3.63, 3.8) is 0 Å². The molecule has 30 heavy (non-hydrogen) atoms. The van der Waals surface area contributed by atoms with Gasteiger partial charge in [-0.1, -0.05) is 23.5 Å². The summed E-state index contributed by atoms with van der Waals surface area (Å²) in [6.07, 6.45) is 1.66. The monoisotopic (exact) mass is 426 g/mol. The van der Waals surface area contributed by atoms with Gasteiger partial charge in [-0.15, -0.1) is 0 Å². The molecule has 4 rings (SSSR count). The Morgan fingerprint density at radius 3 is 2.50 bits per heavy atom. The van der Waals surface area contributed by atoms with Gasteiger partial charge in [0.25, 0.3) is 0 Å². The van der Waals surface area contributed by atoms with E-state index in [1.807, 2.05) is 0 Å². The van der Waals surface area contributed by atoms with Crippen molar-refractivity contribution < 1.29 is 23.1 Å². The number of halogens is 1. The summed E-state index contributed by atoms with van der Waals surface area (Å²) in [5, 5.41) is 0.497. The number of hydrogen-bond acceptors (Lipinski definition) is 6. The number of nitrogens with zero attached hydrogens (tertiary/aromatic N) is 2. The molecule has 0 radical (unpaired) electrons. The topological polar surface area (TPSA) is 64.8 Å². The van der Waals surface area contributed by atoms with E-state index in [2.05, 4.69) is 4.98 Å². The Balaban J connectivity index is 1.73. The van der Waals surface area contributed by atoms with Crippen molar-refractivity contribution in [2.45, 2.75) is 13.0 Å². The number of carbonyl (C=O) groups is 1. The second-order valence-corrected chi connectivity index (χ2v) is 7.48. The minimum absolute atomic E-state index is 0.102. The quantitative estimate of drug-likeness (QED) is 0.424. The minimum Gasteiger partial charge on any atom is -0.495 e. The molecule has 0 saturated heterocycles. The van der Waals surface area contributed by atoms with Crippen LogP contribution < -0.4 is 14.4 Å². The lowest BCUT2D eigenvalue weighted by atomic mass is 10.1. The Kier molecular flexibility index (Phi) is 5.67. The molecule has 0 aliphatic heterocycles. The fraction of sp³-hybridized carbons (Fsp3) is 0.182. The molecule has 2 aromatic carbocycles. The first kappa shape index (κ1) is 19.9. The zero-order valence-corrected chi connectivity index (χ0v) is 17.2. The smallest absolute Gasteiger partial charge is 0.233 e. The molecule has 0 fully saturated rings. The molecule has 2 heterocycles. The minimum atomic E-state index is -0.344. The van der Waals surface area contributed by atoms with Crippen molar-refractivity contribution in [2.75, 3.05) is 19.1 Å². The number of anilines is 1. The highest BCUT2D eigenvalue weighted by atomic mass is 32.1. The van der Waals surface area contributed by atoms with Gasteiger partial charge in [0.15, 0.2) is 5.13 Å². The molecule has 0 bridgehead atoms. The Bertz CT molecular complexity index is 1120. The Morgan fingerprint density at radius 2 is 1.83 bits per heavy atom. The van der Waals surface area contributed by atoms with Crippen LogP contribution in [-0.4, -0.2) is 25.1 Å². The number of fused-ring (bicyclic) bond motifs is 1. The molecular weight excluding hydrogens is 407 g/mol. The first-order chi connectivity index (χ1) is 14.6. The van der Waals surface area contributed by atoms with E-state index in [0.717, 1.165) is 4.70 Å². The summed E-state index contributed by atoms with van der Waals surface area (Å²) in [7, 11) is 3.15. The van der Waals surface area contributed by atoms with Crippen LogP contribution in [0.1, 0.15) is 11.3 Å².